The monoisotopic (exact) mass is 354 g/mol. The summed E-state index contributed by atoms with van der Waals surface area (Å²) in [5.74, 6) is -1.71. The normalized spacial score (nSPS) is 21.4. The van der Waals surface area contributed by atoms with Gasteiger partial charge in [-0.1, -0.05) is 17.3 Å². The number of piperidine rings is 1. The minimum atomic E-state index is -4.69. The van der Waals surface area contributed by atoms with Crippen molar-refractivity contribution < 1.29 is 22.5 Å². The van der Waals surface area contributed by atoms with E-state index in [0.29, 0.717) is 17.7 Å². The van der Waals surface area contributed by atoms with E-state index in [0.717, 1.165) is 12.8 Å². The summed E-state index contributed by atoms with van der Waals surface area (Å²) in [5.41, 5.74) is 6.69. The standard InChI is InChI=1S/C16H17F3N4O2/c1-9-8-12(20)6-7-23(9)14(24)11-4-2-10(3-5-11)13-21-15(25-22-13)16(17,18)19/h2-5,9,12H,6-8,20H2,1H3/t9-,12-/m1/s1. The number of amides is 1. The first-order valence-electron chi connectivity index (χ1n) is 7.83. The van der Waals surface area contributed by atoms with Gasteiger partial charge in [-0.05, 0) is 31.9 Å². The highest BCUT2D eigenvalue weighted by Crippen LogP contribution is 2.29. The summed E-state index contributed by atoms with van der Waals surface area (Å²) in [7, 11) is 0. The fourth-order valence-electron chi connectivity index (χ4n) is 2.89. The van der Waals surface area contributed by atoms with E-state index in [4.69, 9.17) is 5.73 Å². The van der Waals surface area contributed by atoms with Gasteiger partial charge in [-0.25, -0.2) is 0 Å². The first-order chi connectivity index (χ1) is 11.8. The van der Waals surface area contributed by atoms with Gasteiger partial charge in [0.1, 0.15) is 0 Å². The Bertz CT molecular complexity index is 757. The van der Waals surface area contributed by atoms with Crippen LogP contribution in [0.25, 0.3) is 11.4 Å². The summed E-state index contributed by atoms with van der Waals surface area (Å²) in [6.07, 6.45) is -3.20. The molecule has 3 rings (SSSR count). The molecule has 0 spiro atoms. The van der Waals surface area contributed by atoms with E-state index in [2.05, 4.69) is 14.7 Å². The second-order valence-electron chi connectivity index (χ2n) is 6.13. The van der Waals surface area contributed by atoms with Crippen LogP contribution in [0.15, 0.2) is 28.8 Å². The largest absolute Gasteiger partial charge is 0.471 e. The first kappa shape index (κ1) is 17.4. The average molecular weight is 354 g/mol. The Balaban J connectivity index is 1.76. The molecule has 1 saturated heterocycles. The van der Waals surface area contributed by atoms with Gasteiger partial charge in [-0.3, -0.25) is 4.79 Å². The number of carbonyl (C=O) groups is 1. The molecule has 0 unspecified atom stereocenters. The van der Waals surface area contributed by atoms with Crippen molar-refractivity contribution in [1.29, 1.82) is 0 Å². The maximum Gasteiger partial charge on any atom is 0.471 e. The van der Waals surface area contributed by atoms with Gasteiger partial charge < -0.3 is 15.2 Å². The zero-order chi connectivity index (χ0) is 18.2. The number of nitrogens with two attached hydrogens (primary N) is 1. The van der Waals surface area contributed by atoms with Gasteiger partial charge in [-0.15, -0.1) is 0 Å². The van der Waals surface area contributed by atoms with Crippen LogP contribution in [0.3, 0.4) is 0 Å². The van der Waals surface area contributed by atoms with Crippen LogP contribution in [-0.4, -0.2) is 39.6 Å². The summed E-state index contributed by atoms with van der Waals surface area (Å²) in [4.78, 5) is 17.7. The Morgan fingerprint density at radius 2 is 2.00 bits per heavy atom. The van der Waals surface area contributed by atoms with Gasteiger partial charge >= 0.3 is 12.1 Å². The highest BCUT2D eigenvalue weighted by Gasteiger charge is 2.38. The molecular formula is C16H17F3N4O2. The molecule has 1 fully saturated rings. The summed E-state index contributed by atoms with van der Waals surface area (Å²) < 4.78 is 41.7. The Morgan fingerprint density at radius 3 is 2.56 bits per heavy atom. The third kappa shape index (κ3) is 3.65. The third-order valence-electron chi connectivity index (χ3n) is 4.24. The zero-order valence-electron chi connectivity index (χ0n) is 13.5. The topological polar surface area (TPSA) is 85.2 Å². The molecule has 25 heavy (non-hydrogen) atoms. The van der Waals surface area contributed by atoms with Crippen molar-refractivity contribution in [3.8, 4) is 11.4 Å². The number of aromatic nitrogens is 2. The number of nitrogens with zero attached hydrogens (tertiary/aromatic N) is 3. The maximum absolute atomic E-state index is 12.6. The summed E-state index contributed by atoms with van der Waals surface area (Å²) in [6.45, 7) is 2.53. The molecule has 0 radical (unpaired) electrons. The Morgan fingerprint density at radius 1 is 1.32 bits per heavy atom. The van der Waals surface area contributed by atoms with Gasteiger partial charge in [0, 0.05) is 29.8 Å². The van der Waals surface area contributed by atoms with Crippen LogP contribution in [0.1, 0.15) is 36.0 Å². The molecule has 0 bridgehead atoms. The number of halogens is 3. The third-order valence-corrected chi connectivity index (χ3v) is 4.24. The lowest BCUT2D eigenvalue weighted by molar-refractivity contribution is -0.159. The molecule has 0 saturated carbocycles. The second kappa shape index (κ2) is 6.47. The van der Waals surface area contributed by atoms with Gasteiger partial charge in [0.15, 0.2) is 0 Å². The molecule has 0 aliphatic carbocycles. The number of carbonyl (C=O) groups excluding carboxylic acids is 1. The van der Waals surface area contributed by atoms with E-state index in [-0.39, 0.29) is 23.8 Å². The van der Waals surface area contributed by atoms with Crippen LogP contribution in [0.4, 0.5) is 13.2 Å². The molecule has 1 aliphatic heterocycles. The average Bonchev–Trinajstić information content (AvgIpc) is 3.05. The molecule has 134 valence electrons. The van der Waals surface area contributed by atoms with E-state index in [1.807, 2.05) is 6.92 Å². The second-order valence-corrected chi connectivity index (χ2v) is 6.13. The van der Waals surface area contributed by atoms with Crippen LogP contribution in [0, 0.1) is 0 Å². The molecule has 9 heteroatoms. The predicted octanol–water partition coefficient (Wildman–Crippen LogP) is 2.71. The van der Waals surface area contributed by atoms with Crippen LogP contribution in [0.2, 0.25) is 0 Å². The van der Waals surface area contributed by atoms with Crippen molar-refractivity contribution in [2.24, 2.45) is 5.73 Å². The molecule has 1 aromatic carbocycles. The van der Waals surface area contributed by atoms with E-state index < -0.39 is 12.1 Å². The highest BCUT2D eigenvalue weighted by atomic mass is 19.4. The number of hydrogen-bond donors (Lipinski definition) is 1. The van der Waals surface area contributed by atoms with E-state index in [1.54, 1.807) is 17.0 Å². The molecule has 2 heterocycles. The molecule has 1 aliphatic rings. The molecular weight excluding hydrogens is 337 g/mol. The van der Waals surface area contributed by atoms with Crippen molar-refractivity contribution in [3.05, 3.63) is 35.7 Å². The lowest BCUT2D eigenvalue weighted by Gasteiger charge is -2.36. The highest BCUT2D eigenvalue weighted by molar-refractivity contribution is 5.94. The number of likely N-dealkylation sites (tertiary alicyclic amines) is 1. The van der Waals surface area contributed by atoms with Gasteiger partial charge in [0.05, 0.1) is 0 Å². The summed E-state index contributed by atoms with van der Waals surface area (Å²) >= 11 is 0. The van der Waals surface area contributed by atoms with Crippen LogP contribution < -0.4 is 5.73 Å². The maximum atomic E-state index is 12.6. The number of hydrogen-bond acceptors (Lipinski definition) is 5. The van der Waals surface area contributed by atoms with Crippen molar-refractivity contribution in [1.82, 2.24) is 15.0 Å². The first-order valence-corrected chi connectivity index (χ1v) is 7.83. The lowest BCUT2D eigenvalue weighted by Crippen LogP contribution is -2.48. The van der Waals surface area contributed by atoms with Crippen LogP contribution >= 0.6 is 0 Å². The van der Waals surface area contributed by atoms with Crippen molar-refractivity contribution in [3.63, 3.8) is 0 Å². The Hall–Kier alpha value is -2.42. The molecule has 6 nitrogen and oxygen atoms in total. The van der Waals surface area contributed by atoms with Crippen molar-refractivity contribution in [2.75, 3.05) is 6.54 Å². The van der Waals surface area contributed by atoms with E-state index in [1.165, 1.54) is 12.1 Å². The van der Waals surface area contributed by atoms with Crippen molar-refractivity contribution in [2.45, 2.75) is 38.0 Å². The lowest BCUT2D eigenvalue weighted by atomic mass is 9.98. The SMILES string of the molecule is C[C@@H]1C[C@H](N)CCN1C(=O)c1ccc(-c2noc(C(F)(F)F)n2)cc1. The van der Waals surface area contributed by atoms with Crippen molar-refractivity contribution >= 4 is 5.91 Å². The van der Waals surface area contributed by atoms with Gasteiger partial charge in [0.25, 0.3) is 5.91 Å². The van der Waals surface area contributed by atoms with Crippen LogP contribution in [-0.2, 0) is 6.18 Å². The minimum absolute atomic E-state index is 0.0440. The summed E-state index contributed by atoms with van der Waals surface area (Å²) in [6, 6.07) is 6.23. The number of rotatable bonds is 2. The minimum Gasteiger partial charge on any atom is -0.336 e. The molecule has 1 aromatic heterocycles. The van der Waals surface area contributed by atoms with Gasteiger partial charge in [-0.2, -0.15) is 18.2 Å². The van der Waals surface area contributed by atoms with E-state index >= 15 is 0 Å². The fourth-order valence-corrected chi connectivity index (χ4v) is 2.89. The molecule has 2 atom stereocenters. The quantitative estimate of drug-likeness (QED) is 0.896. The Kier molecular flexibility index (Phi) is 4.51. The Labute approximate surface area is 141 Å². The number of alkyl halides is 3. The zero-order valence-corrected chi connectivity index (χ0v) is 13.5. The molecule has 2 aromatic rings. The summed E-state index contributed by atoms with van der Waals surface area (Å²) in [5, 5.41) is 3.32. The smallest absolute Gasteiger partial charge is 0.336 e. The molecule has 2 N–H and O–H groups in total. The molecule has 1 amide bonds. The van der Waals surface area contributed by atoms with Gasteiger partial charge in [0.2, 0.25) is 5.82 Å². The van der Waals surface area contributed by atoms with Crippen LogP contribution in [0.5, 0.6) is 0 Å². The number of benzene rings is 1. The fraction of sp³-hybridized carbons (Fsp3) is 0.438. The van der Waals surface area contributed by atoms with E-state index in [9.17, 15) is 18.0 Å². The predicted molar refractivity (Wildman–Crippen MR) is 82.4 cm³/mol.